The van der Waals surface area contributed by atoms with Crippen LogP contribution in [0.25, 0.3) is 0 Å². The summed E-state index contributed by atoms with van der Waals surface area (Å²) in [5.41, 5.74) is -0.890. The largest absolute Gasteiger partial charge is 3.00 e. The number of aromatic hydroxyl groups is 1. The fourth-order valence-corrected chi connectivity index (χ4v) is 12.0. The summed E-state index contributed by atoms with van der Waals surface area (Å²) in [4.78, 5) is 140. The Bertz CT molecular complexity index is 2580. The molecule has 1 aromatic heterocycles. The summed E-state index contributed by atoms with van der Waals surface area (Å²) in [5, 5.41) is 61.5. The average molecular weight is 1180 g/mol. The number of aryl methyl sites for hydroxylation is 1. The molecule has 5 heterocycles. The number of nitrogens with zero attached hydrogens (tertiary/aromatic N) is 11. The van der Waals surface area contributed by atoms with Gasteiger partial charge in [-0.15, -0.1) is 16.9 Å². The number of hydrogen-bond donors (Lipinski definition) is 4. The van der Waals surface area contributed by atoms with Crippen LogP contribution in [0.2, 0.25) is 0 Å². The second-order valence-electron chi connectivity index (χ2n) is 19.0. The Morgan fingerprint density at radius 1 is 0.885 bits per heavy atom. The van der Waals surface area contributed by atoms with Crippen molar-refractivity contribution in [1.29, 1.82) is 0 Å². The van der Waals surface area contributed by atoms with E-state index >= 15 is 0 Å². The molecule has 3 fully saturated rings. The number of imide groups is 1. The number of carbonyl (C=O) groups is 10. The Morgan fingerprint density at radius 2 is 1.49 bits per heavy atom. The molecule has 4 aliphatic rings. The Balaban J connectivity index is 0.00000656. The Labute approximate surface area is 470 Å². The number of phenolic OH excluding ortho intramolecular Hbond substituents is 1. The summed E-state index contributed by atoms with van der Waals surface area (Å²) in [6.45, 7) is 5.45. The second-order valence-corrected chi connectivity index (χ2v) is 21.3. The van der Waals surface area contributed by atoms with Crippen LogP contribution in [0.3, 0.4) is 0 Å². The molecule has 4 atom stereocenters. The molecule has 1 aromatic carbocycles. The van der Waals surface area contributed by atoms with E-state index in [9.17, 15) is 68.4 Å². The molecule has 1 unspecified atom stereocenters. The molecule has 0 saturated carbocycles. The zero-order valence-electron chi connectivity index (χ0n) is 43.7. The van der Waals surface area contributed by atoms with E-state index in [0.717, 1.165) is 4.90 Å². The van der Waals surface area contributed by atoms with Crippen LogP contribution in [0.4, 0.5) is 0 Å². The van der Waals surface area contributed by atoms with Gasteiger partial charge in [-0.05, 0) is 67.3 Å². The summed E-state index contributed by atoms with van der Waals surface area (Å²) in [7, 11) is 1.64. The number of carboxylic acids is 3. The third-order valence-corrected chi connectivity index (χ3v) is 16.9. The van der Waals surface area contributed by atoms with E-state index in [1.54, 1.807) is 35.6 Å². The van der Waals surface area contributed by atoms with Crippen LogP contribution in [-0.2, 0) is 55.0 Å². The number of thioether (sulfide) groups is 2. The number of aldehydes is 1. The number of carbonyl (C=O) groups excluding carboxylic acids is 9. The second kappa shape index (κ2) is 28.8. The first-order chi connectivity index (χ1) is 36.1. The molecule has 78 heavy (non-hydrogen) atoms. The van der Waals surface area contributed by atoms with Gasteiger partial charge >= 0.3 is 37.6 Å². The molecule has 0 bridgehead atoms. The maximum Gasteiger partial charge on any atom is 3.00 e. The van der Waals surface area contributed by atoms with Gasteiger partial charge in [0.05, 0.1) is 24.4 Å². The number of tetrazole rings is 1. The first kappa shape index (κ1) is 64.6. The number of fused-ring (bicyclic) bond motifs is 1. The van der Waals surface area contributed by atoms with Crippen LogP contribution in [-0.4, -0.2) is 276 Å². The SMILES string of the molecule is CCN1CCN(C(=O)C[C@H](C(=O)N[C@]2(C)C(=O)N3C(C(=O)NCCCC(C(=O)O)N4CCN(CC=O)CCN(CC(=O)[O-])CCN(CC(=O)[O-])CC4)=C(CSc4nnnn4C)CS[C@@]32C)c2ccc(O)cc2)C(=O)C1=O.[Ga+3].[OH-]. The van der Waals surface area contributed by atoms with E-state index < -0.39 is 95.2 Å². The van der Waals surface area contributed by atoms with Gasteiger partial charge in [-0.3, -0.25) is 63.0 Å². The summed E-state index contributed by atoms with van der Waals surface area (Å²) in [5.74, 6) is -9.74. The number of amides is 6. The van der Waals surface area contributed by atoms with Gasteiger partial charge in [0.25, 0.3) is 11.8 Å². The van der Waals surface area contributed by atoms with Crippen LogP contribution in [0.1, 0.15) is 51.5 Å². The minimum absolute atomic E-state index is 0. The predicted molar refractivity (Wildman–Crippen MR) is 274 cm³/mol. The molecular weight excluding hydrogens is 1120 g/mol. The Kier molecular flexibility index (Phi) is 23.8. The number of likely N-dealkylation sites (N-methyl/N-ethyl adjacent to an activating group) is 1. The number of piperazine rings is 1. The third-order valence-electron chi connectivity index (χ3n) is 14.2. The topological polar surface area (TPSA) is 378 Å². The number of β-lactam (4-membered cyclic amide) rings is 1. The normalized spacial score (nSPS) is 21.8. The van der Waals surface area contributed by atoms with E-state index in [4.69, 9.17) is 0 Å². The number of nitrogens with one attached hydrogen (secondary N) is 2. The van der Waals surface area contributed by atoms with Crippen LogP contribution < -0.4 is 20.8 Å². The average Bonchev–Trinajstić information content (AvgIpc) is 3.80. The van der Waals surface area contributed by atoms with Gasteiger partial charge in [0.15, 0.2) is 0 Å². The van der Waals surface area contributed by atoms with Crippen molar-refractivity contribution in [3.8, 4) is 5.75 Å². The quantitative estimate of drug-likeness (QED) is 0.0213. The first-order valence-corrected chi connectivity index (χ1v) is 26.6. The zero-order chi connectivity index (χ0) is 55.5. The van der Waals surface area contributed by atoms with E-state index in [1.165, 1.54) is 74.1 Å². The van der Waals surface area contributed by atoms with Crippen LogP contribution in [0, 0.1) is 0 Å². The molecule has 5 N–H and O–H groups in total. The number of phenols is 1. The van der Waals surface area contributed by atoms with E-state index in [-0.39, 0.29) is 152 Å². The van der Waals surface area contributed by atoms with Crippen molar-refractivity contribution in [1.82, 2.24) is 65.1 Å². The summed E-state index contributed by atoms with van der Waals surface area (Å²) >= 11 is 2.49. The molecule has 3 saturated heterocycles. The minimum atomic E-state index is -1.69. The molecule has 0 radical (unpaired) electrons. The number of hydrogen-bond acceptors (Lipinski definition) is 23. The Morgan fingerprint density at radius 3 is 2.05 bits per heavy atom. The van der Waals surface area contributed by atoms with Crippen molar-refractivity contribution < 1.29 is 73.8 Å². The fraction of sp³-hybridized carbons (Fsp3) is 0.596. The van der Waals surface area contributed by atoms with Crippen LogP contribution in [0.15, 0.2) is 40.7 Å². The third kappa shape index (κ3) is 15.2. The maximum absolute atomic E-state index is 14.7. The number of aromatic nitrogens is 4. The standard InChI is InChI=1S/C47H65N13O14S2.Ga.H2O/c1-5-57-21-22-59(42(71)41(57)70)35(63)25-33(30-8-10-32(62)11-9-30)39(68)49-46(2)44(74)60-38(31(29-76-47(46,60)3)28-75-45-50-51-52-53(45)4)40(69)48-12-6-7-34(43(72)73)58-19-17-54(23-24-61)13-14-55(26-36(64)65)15-16-56(18-20-58)27-37(66)67;;/h8-11,24,33-34,62H,5-7,12-23,25-29H2,1-4H3,(H,48,69)(H,49,68)(H,64,65)(H,66,67)(H,72,73);;1H2/q;+3;/p-3/t33-,34?,46+,47+;;/m0../s1. The molecule has 0 aliphatic carbocycles. The Hall–Kier alpha value is -5.93. The first-order valence-electron chi connectivity index (χ1n) is 24.7. The van der Waals surface area contributed by atoms with Crippen molar-refractivity contribution >= 4 is 103 Å². The minimum Gasteiger partial charge on any atom is -0.870 e. The molecule has 28 nitrogen and oxygen atoms in total. The van der Waals surface area contributed by atoms with E-state index in [2.05, 4.69) is 26.2 Å². The van der Waals surface area contributed by atoms with Gasteiger partial charge in [0.1, 0.15) is 34.2 Å². The molecule has 31 heteroatoms. The van der Waals surface area contributed by atoms with Gasteiger partial charge in [-0.1, -0.05) is 23.9 Å². The number of rotatable bonds is 22. The summed E-state index contributed by atoms with van der Waals surface area (Å²) in [6, 6.07) is 4.37. The number of carboxylic acid groups (broad SMARTS) is 3. The number of aliphatic carboxylic acids is 3. The molecular formula is C47H64GaN13O15S2. The van der Waals surface area contributed by atoms with Crippen LogP contribution >= 0.6 is 23.5 Å². The van der Waals surface area contributed by atoms with E-state index in [0.29, 0.717) is 17.0 Å². The van der Waals surface area contributed by atoms with Gasteiger partial charge in [0, 0.05) is 117 Å². The van der Waals surface area contributed by atoms with E-state index in [1.807, 2.05) is 0 Å². The van der Waals surface area contributed by atoms with Crippen molar-refractivity contribution in [2.45, 2.75) is 67.6 Å². The molecule has 4 aliphatic heterocycles. The van der Waals surface area contributed by atoms with Gasteiger partial charge in [-0.2, -0.15) is 0 Å². The van der Waals surface area contributed by atoms with Crippen molar-refractivity contribution in [2.24, 2.45) is 7.05 Å². The van der Waals surface area contributed by atoms with Crippen molar-refractivity contribution in [3.05, 3.63) is 41.1 Å². The van der Waals surface area contributed by atoms with Crippen molar-refractivity contribution in [2.75, 3.05) is 110 Å². The fourth-order valence-electron chi connectivity index (χ4n) is 9.58. The zero-order valence-corrected chi connectivity index (χ0v) is 47.8. The molecule has 0 spiro atoms. The van der Waals surface area contributed by atoms with Crippen molar-refractivity contribution in [3.63, 3.8) is 0 Å². The molecule has 6 rings (SSSR count). The molecule has 2 aromatic rings. The monoisotopic (exact) mass is 1180 g/mol. The summed E-state index contributed by atoms with van der Waals surface area (Å²) in [6.07, 6.45) is 0.252. The maximum atomic E-state index is 14.7. The van der Waals surface area contributed by atoms with Gasteiger partial charge < -0.3 is 55.8 Å². The predicted octanol–water partition coefficient (Wildman–Crippen LogP) is -5.45. The summed E-state index contributed by atoms with van der Waals surface area (Å²) < 4.78 is 1.44. The van der Waals surface area contributed by atoms with Gasteiger partial charge in [0.2, 0.25) is 17.0 Å². The van der Waals surface area contributed by atoms with Crippen LogP contribution in [0.5, 0.6) is 5.75 Å². The van der Waals surface area contributed by atoms with Gasteiger partial charge in [-0.25, -0.2) is 4.68 Å². The number of benzene rings is 1. The smallest absolute Gasteiger partial charge is 0.870 e. The molecule has 6 amide bonds. The molecule has 422 valence electrons.